The van der Waals surface area contributed by atoms with E-state index in [1.807, 2.05) is 83.6 Å². The zero-order valence-electron chi connectivity index (χ0n) is 18.1. The molecule has 3 aromatic carbocycles. The molecule has 1 radical (unpaired) electrons. The first-order valence-electron chi connectivity index (χ1n) is 9.97. The van der Waals surface area contributed by atoms with Gasteiger partial charge in [-0.1, -0.05) is 30.3 Å². The van der Waals surface area contributed by atoms with Gasteiger partial charge < -0.3 is 18.9 Å². The van der Waals surface area contributed by atoms with E-state index in [4.69, 9.17) is 9.47 Å². The largest absolute Gasteiger partial charge is 0.497 e. The molecule has 0 unspecified atom stereocenters. The second-order valence-electron chi connectivity index (χ2n) is 7.13. The van der Waals surface area contributed by atoms with Crippen LogP contribution in [-0.2, 0) is 20.1 Å². The molecule has 4 aromatic rings. The Morgan fingerprint density at radius 1 is 0.719 bits per heavy atom. The van der Waals surface area contributed by atoms with Gasteiger partial charge in [-0.15, -0.1) is 5.56 Å². The molecule has 0 aliphatic carbocycles. The fourth-order valence-electron chi connectivity index (χ4n) is 3.57. The normalized spacial score (nSPS) is 10.2. The minimum atomic E-state index is 0. The Bertz CT molecular complexity index is 1130. The second-order valence-corrected chi connectivity index (χ2v) is 7.13. The van der Waals surface area contributed by atoms with E-state index >= 15 is 0 Å². The number of rotatable bonds is 6. The minimum absolute atomic E-state index is 0. The van der Waals surface area contributed by atoms with Gasteiger partial charge in [-0.2, -0.15) is 18.6 Å². The fourth-order valence-corrected chi connectivity index (χ4v) is 3.57. The van der Waals surface area contributed by atoms with Crippen LogP contribution in [0, 0.1) is 14.0 Å². The molecule has 1 aromatic heterocycles. The van der Waals surface area contributed by atoms with Crippen molar-refractivity contribution in [2.75, 3.05) is 19.1 Å². The molecule has 0 saturated carbocycles. The molecule has 0 aliphatic rings. The minimum Gasteiger partial charge on any atom is -0.497 e. The number of ether oxygens (including phenoxy) is 2. The number of pyridine rings is 1. The third kappa shape index (κ3) is 4.75. The Labute approximate surface area is 203 Å². The maximum absolute atomic E-state index is 5.34. The van der Waals surface area contributed by atoms with E-state index in [1.54, 1.807) is 14.2 Å². The van der Waals surface area contributed by atoms with Crippen molar-refractivity contribution in [2.45, 2.75) is 0 Å². The van der Waals surface area contributed by atoms with Gasteiger partial charge in [-0.25, -0.2) is 0 Å². The summed E-state index contributed by atoms with van der Waals surface area (Å²) in [6.07, 6.45) is 1.94. The second kappa shape index (κ2) is 10.3. The van der Waals surface area contributed by atoms with E-state index in [9.17, 15) is 0 Å². The molecule has 0 aliphatic heterocycles. The van der Waals surface area contributed by atoms with Gasteiger partial charge >= 0.3 is 0 Å². The van der Waals surface area contributed by atoms with Gasteiger partial charge in [0, 0.05) is 44.2 Å². The first-order valence-corrected chi connectivity index (χ1v) is 9.97. The summed E-state index contributed by atoms with van der Waals surface area (Å²) in [5.74, 6) is 1.63. The Hall–Kier alpha value is -3.40. The number of hydrogen-bond acceptors (Lipinski definition) is 3. The average molecular weight is 602 g/mol. The summed E-state index contributed by atoms with van der Waals surface area (Å²) in [4.78, 5) is 2.19. The van der Waals surface area contributed by atoms with Crippen LogP contribution in [0.3, 0.4) is 0 Å². The number of hydrogen-bond donors (Lipinski definition) is 0. The summed E-state index contributed by atoms with van der Waals surface area (Å²) in [6.45, 7) is 4.24. The zero-order chi connectivity index (χ0) is 21.8. The summed E-state index contributed by atoms with van der Waals surface area (Å²) >= 11 is 0. The first-order chi connectivity index (χ1) is 15.1. The first kappa shape index (κ1) is 23.3. The van der Waals surface area contributed by atoms with Crippen LogP contribution < -0.4 is 18.9 Å². The Morgan fingerprint density at radius 3 is 1.75 bits per heavy atom. The third-order valence-corrected chi connectivity index (χ3v) is 5.23. The predicted molar refractivity (Wildman–Crippen MR) is 125 cm³/mol. The van der Waals surface area contributed by atoms with Gasteiger partial charge in [-0.05, 0) is 48.5 Å². The molecule has 5 heteroatoms. The van der Waals surface area contributed by atoms with Crippen molar-refractivity contribution in [1.82, 2.24) is 0 Å². The Balaban J connectivity index is 0.00000289. The van der Waals surface area contributed by atoms with Gasteiger partial charge in [0.15, 0.2) is 0 Å². The molecule has 0 saturated heterocycles. The molecule has 4 rings (SSSR count). The van der Waals surface area contributed by atoms with E-state index in [0.717, 1.165) is 45.4 Å². The van der Waals surface area contributed by atoms with Crippen molar-refractivity contribution in [3.63, 3.8) is 0 Å². The predicted octanol–water partition coefficient (Wildman–Crippen LogP) is 5.95. The molecular formula is C27H25IrN2O2-. The van der Waals surface area contributed by atoms with Crippen LogP contribution in [0.4, 0.5) is 17.1 Å². The van der Waals surface area contributed by atoms with Gasteiger partial charge in [0.25, 0.3) is 0 Å². The average Bonchev–Trinajstić information content (AvgIpc) is 2.82. The summed E-state index contributed by atoms with van der Waals surface area (Å²) in [5.41, 5.74) is 6.02. The van der Waals surface area contributed by atoms with Crippen LogP contribution in [0.15, 0.2) is 91.1 Å². The summed E-state index contributed by atoms with van der Waals surface area (Å²) in [6, 6.07) is 28.3. The van der Waals surface area contributed by atoms with E-state index in [-0.39, 0.29) is 20.1 Å². The number of methoxy groups -OCH3 is 2. The quantitative estimate of drug-likeness (QED) is 0.202. The van der Waals surface area contributed by atoms with Crippen LogP contribution in [0.1, 0.15) is 5.56 Å². The van der Waals surface area contributed by atoms with Gasteiger partial charge in [0.1, 0.15) is 11.5 Å². The van der Waals surface area contributed by atoms with Gasteiger partial charge in [0.05, 0.1) is 26.1 Å². The standard InChI is InChI=1S/C27H25N2O2.Ir/c1-20-8-9-23(19-26(20)27-7-5-6-18-28(27)2)29(21-10-14-24(30-3)15-11-21)22-12-16-25(31-4)17-13-22;/h5-19H,1-2H2,3-4H3;/q-1;. The molecule has 4 nitrogen and oxygen atoms in total. The van der Waals surface area contributed by atoms with Gasteiger partial charge in [-0.3, -0.25) is 0 Å². The molecule has 0 atom stereocenters. The molecule has 165 valence electrons. The molecule has 0 bridgehead atoms. The molecule has 0 spiro atoms. The number of aromatic nitrogens is 1. The SMILES string of the molecule is [CH2-]c1ccc(N(c2ccc(OC)cc2)c2ccc(OC)cc2)cc1-c1cccc[n+]1[CH2-].[Ir]. The Morgan fingerprint density at radius 2 is 1.25 bits per heavy atom. The fraction of sp³-hybridized carbons (Fsp3) is 0.0741. The van der Waals surface area contributed by atoms with Crippen molar-refractivity contribution in [2.24, 2.45) is 0 Å². The van der Waals surface area contributed by atoms with E-state index < -0.39 is 0 Å². The monoisotopic (exact) mass is 602 g/mol. The summed E-state index contributed by atoms with van der Waals surface area (Å²) in [7, 11) is 7.45. The van der Waals surface area contributed by atoms with Crippen molar-refractivity contribution in [3.8, 4) is 22.8 Å². The van der Waals surface area contributed by atoms with E-state index in [0.29, 0.717) is 0 Å². The van der Waals surface area contributed by atoms with Crippen molar-refractivity contribution < 1.29 is 34.1 Å². The van der Waals surface area contributed by atoms with Crippen LogP contribution in [0.2, 0.25) is 0 Å². The number of anilines is 3. The summed E-state index contributed by atoms with van der Waals surface area (Å²) in [5, 5.41) is 0. The van der Waals surface area contributed by atoms with Crippen molar-refractivity contribution in [3.05, 3.63) is 111 Å². The Kier molecular flexibility index (Phi) is 7.47. The van der Waals surface area contributed by atoms with Crippen molar-refractivity contribution in [1.29, 1.82) is 0 Å². The molecular weight excluding hydrogens is 577 g/mol. The smallest absolute Gasteiger partial charge is 0.119 e. The van der Waals surface area contributed by atoms with E-state index in [1.165, 1.54) is 0 Å². The number of nitrogens with zero attached hydrogens (tertiary/aromatic N) is 2. The number of benzene rings is 3. The topological polar surface area (TPSA) is 25.6 Å². The molecule has 0 N–H and O–H groups in total. The third-order valence-electron chi connectivity index (χ3n) is 5.23. The molecule has 0 fully saturated rings. The van der Waals surface area contributed by atoms with Crippen LogP contribution in [0.5, 0.6) is 11.5 Å². The van der Waals surface area contributed by atoms with Gasteiger partial charge in [0.2, 0.25) is 0 Å². The molecule has 32 heavy (non-hydrogen) atoms. The zero-order valence-corrected chi connectivity index (χ0v) is 20.5. The molecule has 0 amide bonds. The van der Waals surface area contributed by atoms with Crippen LogP contribution in [0.25, 0.3) is 11.3 Å². The summed E-state index contributed by atoms with van der Waals surface area (Å²) < 4.78 is 12.5. The maximum atomic E-state index is 5.34. The van der Waals surface area contributed by atoms with Crippen LogP contribution in [-0.4, -0.2) is 14.2 Å². The molecule has 1 heterocycles. The van der Waals surface area contributed by atoms with E-state index in [2.05, 4.69) is 31.0 Å². The van der Waals surface area contributed by atoms with Crippen molar-refractivity contribution >= 4 is 17.1 Å². The maximum Gasteiger partial charge on any atom is 0.119 e. The van der Waals surface area contributed by atoms with Crippen LogP contribution >= 0.6 is 0 Å².